The Hall–Kier alpha value is -8.34. The normalized spacial score (nSPS) is 11.5. The van der Waals surface area contributed by atoms with Crippen molar-refractivity contribution >= 4 is 43.6 Å². The predicted molar refractivity (Wildman–Crippen MR) is 258 cm³/mol. The zero-order valence-corrected chi connectivity index (χ0v) is 33.7. The zero-order chi connectivity index (χ0) is 41.0. The molecule has 0 radical (unpaired) electrons. The number of nitrogens with zero attached hydrogens (tertiary/aromatic N) is 4. The fourth-order valence-corrected chi connectivity index (χ4v) is 9.20. The quantitative estimate of drug-likeness (QED) is 0.161. The third kappa shape index (κ3) is 6.08. The SMILES string of the molecule is c1ccc(-c2cc(-c3cccc(-c4ccc(-c5cc(-n6c7ccccc7c7ccccc76)cc(-n6c7ccccc7c7ccccc76)c5)cc4)c3)nc(-c3ccccc3)n2)cc1. The molecule has 0 N–H and O–H groups in total. The van der Waals surface area contributed by atoms with Crippen LogP contribution in [0.15, 0.2) is 231 Å². The molecule has 0 amide bonds. The van der Waals surface area contributed by atoms with Gasteiger partial charge in [0.1, 0.15) is 0 Å². The van der Waals surface area contributed by atoms with Crippen LogP contribution in [0.3, 0.4) is 0 Å². The number of hydrogen-bond acceptors (Lipinski definition) is 2. The molecular formula is C58H38N4. The summed E-state index contributed by atoms with van der Waals surface area (Å²) < 4.78 is 4.84. The fourth-order valence-electron chi connectivity index (χ4n) is 9.20. The Morgan fingerprint density at radius 3 is 1.13 bits per heavy atom. The molecule has 0 saturated carbocycles. The number of benzene rings is 9. The van der Waals surface area contributed by atoms with Gasteiger partial charge < -0.3 is 9.13 Å². The molecule has 290 valence electrons. The van der Waals surface area contributed by atoms with E-state index in [9.17, 15) is 0 Å². The van der Waals surface area contributed by atoms with E-state index in [2.05, 4.69) is 215 Å². The van der Waals surface area contributed by atoms with Gasteiger partial charge in [0.05, 0.1) is 33.5 Å². The molecule has 62 heavy (non-hydrogen) atoms. The Bertz CT molecular complexity index is 3320. The van der Waals surface area contributed by atoms with Crippen molar-refractivity contribution in [2.24, 2.45) is 0 Å². The van der Waals surface area contributed by atoms with E-state index in [0.717, 1.165) is 61.7 Å². The molecule has 0 aliphatic carbocycles. The van der Waals surface area contributed by atoms with Gasteiger partial charge in [0, 0.05) is 49.6 Å². The first-order valence-corrected chi connectivity index (χ1v) is 21.1. The molecule has 0 aliphatic heterocycles. The van der Waals surface area contributed by atoms with Gasteiger partial charge in [-0.05, 0) is 76.9 Å². The maximum atomic E-state index is 5.11. The number of hydrogen-bond donors (Lipinski definition) is 0. The van der Waals surface area contributed by atoms with Crippen LogP contribution in [0.4, 0.5) is 0 Å². The Morgan fingerprint density at radius 1 is 0.242 bits per heavy atom. The highest BCUT2D eigenvalue weighted by atomic mass is 15.0. The molecule has 12 rings (SSSR count). The summed E-state index contributed by atoms with van der Waals surface area (Å²) in [5, 5.41) is 4.97. The monoisotopic (exact) mass is 790 g/mol. The average Bonchev–Trinajstić information content (AvgIpc) is 3.88. The number of rotatable bonds is 7. The molecule has 4 nitrogen and oxygen atoms in total. The first kappa shape index (κ1) is 35.6. The average molecular weight is 791 g/mol. The van der Waals surface area contributed by atoms with Gasteiger partial charge in [0.25, 0.3) is 0 Å². The Kier molecular flexibility index (Phi) is 8.46. The largest absolute Gasteiger partial charge is 0.309 e. The van der Waals surface area contributed by atoms with Crippen molar-refractivity contribution in [3.8, 4) is 67.5 Å². The highest BCUT2D eigenvalue weighted by molar-refractivity contribution is 6.10. The summed E-state index contributed by atoms with van der Waals surface area (Å²) in [6.45, 7) is 0. The number of para-hydroxylation sites is 4. The molecule has 0 spiro atoms. The van der Waals surface area contributed by atoms with Crippen LogP contribution in [-0.4, -0.2) is 19.1 Å². The Morgan fingerprint density at radius 2 is 0.629 bits per heavy atom. The van der Waals surface area contributed by atoms with Gasteiger partial charge >= 0.3 is 0 Å². The lowest BCUT2D eigenvalue weighted by Gasteiger charge is -2.16. The second-order valence-electron chi connectivity index (χ2n) is 15.8. The van der Waals surface area contributed by atoms with Crippen LogP contribution in [0.25, 0.3) is 111 Å². The molecule has 0 saturated heterocycles. The van der Waals surface area contributed by atoms with E-state index in [4.69, 9.17) is 9.97 Å². The molecule has 0 unspecified atom stereocenters. The van der Waals surface area contributed by atoms with Crippen LogP contribution >= 0.6 is 0 Å². The van der Waals surface area contributed by atoms with Crippen molar-refractivity contribution in [2.75, 3.05) is 0 Å². The van der Waals surface area contributed by atoms with E-state index in [-0.39, 0.29) is 0 Å². The molecule has 3 heterocycles. The lowest BCUT2D eigenvalue weighted by molar-refractivity contribution is 1.13. The molecule has 0 bridgehead atoms. The summed E-state index contributed by atoms with van der Waals surface area (Å²) in [5.41, 5.74) is 16.4. The standard InChI is InChI=1S/C58H38N4/c1-3-16-41(17-4-1)52-38-53(60-58(59-52)42-18-5-2-6-19-42)44-21-15-20-43(34-44)39-30-32-40(33-31-39)45-35-46(61-54-26-11-7-22-48(54)49-23-8-12-27-55(49)61)37-47(36-45)62-56-28-13-9-24-50(56)51-25-10-14-29-57(51)62/h1-38H. The van der Waals surface area contributed by atoms with Crippen molar-refractivity contribution in [1.82, 2.24) is 19.1 Å². The molecule has 3 aromatic heterocycles. The van der Waals surface area contributed by atoms with Gasteiger partial charge in [-0.1, -0.05) is 176 Å². The summed E-state index contributed by atoms with van der Waals surface area (Å²) in [6.07, 6.45) is 0. The maximum absolute atomic E-state index is 5.11. The van der Waals surface area contributed by atoms with Crippen LogP contribution in [-0.2, 0) is 0 Å². The topological polar surface area (TPSA) is 35.6 Å². The zero-order valence-electron chi connectivity index (χ0n) is 33.7. The first-order valence-electron chi connectivity index (χ1n) is 21.1. The summed E-state index contributed by atoms with van der Waals surface area (Å²) in [6, 6.07) is 82.3. The van der Waals surface area contributed by atoms with Crippen molar-refractivity contribution in [1.29, 1.82) is 0 Å². The van der Waals surface area contributed by atoms with Crippen LogP contribution in [0.5, 0.6) is 0 Å². The van der Waals surface area contributed by atoms with E-state index in [0.29, 0.717) is 5.82 Å². The molecular weight excluding hydrogens is 753 g/mol. The van der Waals surface area contributed by atoms with Crippen LogP contribution < -0.4 is 0 Å². The van der Waals surface area contributed by atoms with Gasteiger partial charge in [-0.3, -0.25) is 0 Å². The number of fused-ring (bicyclic) bond motifs is 6. The maximum Gasteiger partial charge on any atom is 0.160 e. The molecule has 0 atom stereocenters. The van der Waals surface area contributed by atoms with Crippen molar-refractivity contribution in [3.05, 3.63) is 231 Å². The Labute approximate surface area is 359 Å². The third-order valence-electron chi connectivity index (χ3n) is 12.1. The van der Waals surface area contributed by atoms with Gasteiger partial charge in [-0.25, -0.2) is 9.97 Å². The van der Waals surface area contributed by atoms with E-state index in [1.807, 2.05) is 24.3 Å². The van der Waals surface area contributed by atoms with Crippen LogP contribution in [0.2, 0.25) is 0 Å². The Balaban J connectivity index is 0.990. The minimum atomic E-state index is 0.708. The minimum Gasteiger partial charge on any atom is -0.309 e. The molecule has 4 heteroatoms. The lowest BCUT2D eigenvalue weighted by Crippen LogP contribution is -2.00. The summed E-state index contributed by atoms with van der Waals surface area (Å²) in [5.74, 6) is 0.708. The van der Waals surface area contributed by atoms with E-state index in [1.165, 1.54) is 43.6 Å². The van der Waals surface area contributed by atoms with Crippen molar-refractivity contribution < 1.29 is 0 Å². The fraction of sp³-hybridized carbons (Fsp3) is 0. The lowest BCUT2D eigenvalue weighted by atomic mass is 9.97. The van der Waals surface area contributed by atoms with Gasteiger partial charge in [-0.15, -0.1) is 0 Å². The summed E-state index contributed by atoms with van der Waals surface area (Å²) in [7, 11) is 0. The van der Waals surface area contributed by atoms with E-state index >= 15 is 0 Å². The molecule has 0 aliphatic rings. The molecule has 0 fully saturated rings. The summed E-state index contributed by atoms with van der Waals surface area (Å²) >= 11 is 0. The van der Waals surface area contributed by atoms with Crippen LogP contribution in [0, 0.1) is 0 Å². The van der Waals surface area contributed by atoms with Crippen molar-refractivity contribution in [3.63, 3.8) is 0 Å². The second kappa shape index (κ2) is 14.7. The predicted octanol–water partition coefficient (Wildman–Crippen LogP) is 15.0. The van der Waals surface area contributed by atoms with Crippen molar-refractivity contribution in [2.45, 2.75) is 0 Å². The minimum absolute atomic E-state index is 0.708. The highest BCUT2D eigenvalue weighted by Crippen LogP contribution is 2.38. The third-order valence-corrected chi connectivity index (χ3v) is 12.1. The highest BCUT2D eigenvalue weighted by Gasteiger charge is 2.18. The van der Waals surface area contributed by atoms with E-state index < -0.39 is 0 Å². The smallest absolute Gasteiger partial charge is 0.160 e. The summed E-state index contributed by atoms with van der Waals surface area (Å²) in [4.78, 5) is 10.1. The van der Waals surface area contributed by atoms with Crippen LogP contribution in [0.1, 0.15) is 0 Å². The molecule has 9 aromatic carbocycles. The van der Waals surface area contributed by atoms with E-state index in [1.54, 1.807) is 0 Å². The second-order valence-corrected chi connectivity index (χ2v) is 15.8. The first-order chi connectivity index (χ1) is 30.7. The van der Waals surface area contributed by atoms with Gasteiger partial charge in [0.15, 0.2) is 5.82 Å². The molecule has 12 aromatic rings. The van der Waals surface area contributed by atoms with Gasteiger partial charge in [0.2, 0.25) is 0 Å². The number of aromatic nitrogens is 4. The van der Waals surface area contributed by atoms with Gasteiger partial charge in [-0.2, -0.15) is 0 Å².